The maximum Gasteiger partial charge on any atom is 0.0643 e. The van der Waals surface area contributed by atoms with Gasteiger partial charge in [-0.15, -0.1) is 0 Å². The fourth-order valence-electron chi connectivity index (χ4n) is 7.71. The molecule has 2 nitrogen and oxygen atoms in total. The van der Waals surface area contributed by atoms with Crippen LogP contribution in [0.5, 0.6) is 0 Å². The molecule has 244 valence electrons. The first-order chi connectivity index (χ1) is 25.1. The van der Waals surface area contributed by atoms with Gasteiger partial charge in [0.15, 0.2) is 0 Å². The summed E-state index contributed by atoms with van der Waals surface area (Å²) in [6, 6.07) is 65.7. The van der Waals surface area contributed by atoms with E-state index < -0.39 is 0 Å². The first-order valence-electron chi connectivity index (χ1n) is 17.7. The number of nitrogens with zero attached hydrogens (tertiary/aromatic N) is 2. The lowest BCUT2D eigenvalue weighted by atomic mass is 9.85. The summed E-state index contributed by atoms with van der Waals surface area (Å²) in [5, 5.41) is 2.50. The van der Waals surface area contributed by atoms with Gasteiger partial charge >= 0.3 is 0 Å². The second kappa shape index (κ2) is 12.8. The van der Waals surface area contributed by atoms with Gasteiger partial charge in [-0.2, -0.15) is 0 Å². The van der Waals surface area contributed by atoms with Gasteiger partial charge in [-0.1, -0.05) is 158 Å². The summed E-state index contributed by atoms with van der Waals surface area (Å²) in [4.78, 5) is 2.51. The average Bonchev–Trinajstić information content (AvgIpc) is 3.53. The van der Waals surface area contributed by atoms with Gasteiger partial charge in [0.2, 0.25) is 0 Å². The molecule has 0 radical (unpaired) electrons. The minimum atomic E-state index is -0.262. The van der Waals surface area contributed by atoms with Crippen molar-refractivity contribution in [3.8, 4) is 27.9 Å². The molecule has 1 aliphatic rings. The number of benzene rings is 7. The highest BCUT2D eigenvalue weighted by Gasteiger charge is 2.32. The quantitative estimate of drug-likeness (QED) is 0.166. The molecule has 0 N–H and O–H groups in total. The van der Waals surface area contributed by atoms with Crippen LogP contribution in [0, 0.1) is 0 Å². The average molecular weight is 655 g/mol. The molecule has 0 bridgehead atoms. The second-order valence-corrected chi connectivity index (χ2v) is 13.6. The Balaban J connectivity index is 1.12. The molecule has 7 aromatic carbocycles. The molecule has 9 rings (SSSR count). The van der Waals surface area contributed by atoms with Gasteiger partial charge in [-0.05, 0) is 89.2 Å². The van der Waals surface area contributed by atoms with Gasteiger partial charge in [-0.3, -0.25) is 0 Å². The Bertz CT molecular complexity index is 2520. The smallest absolute Gasteiger partial charge is 0.0643 e. The molecule has 1 atom stereocenters. The third kappa shape index (κ3) is 5.65. The van der Waals surface area contributed by atoms with Crippen LogP contribution >= 0.6 is 0 Å². The van der Waals surface area contributed by atoms with E-state index in [1.54, 1.807) is 0 Å². The Morgan fingerprint density at radius 2 is 1.00 bits per heavy atom. The second-order valence-electron chi connectivity index (χ2n) is 13.6. The van der Waals surface area contributed by atoms with Gasteiger partial charge < -0.3 is 9.47 Å². The van der Waals surface area contributed by atoms with Gasteiger partial charge in [0.1, 0.15) is 0 Å². The number of fused-ring (bicyclic) bond motifs is 3. The standard InChI is InChI=1S/C49H38N2/c1-49(33-31-41(32-34-49)37-15-7-3-8-16-37)51(43-17-9-4-10-18-43)44-29-30-46-45-19-11-12-20-47(45)50(48(46)35-44)42-27-25-40(26-28-42)39-23-21-38(22-24-39)36-13-5-2-6-14-36/h2-33,35H,34H2,1H3. The van der Waals surface area contributed by atoms with Gasteiger partial charge in [0.25, 0.3) is 0 Å². The zero-order valence-electron chi connectivity index (χ0n) is 28.7. The Labute approximate surface area is 299 Å². The van der Waals surface area contributed by atoms with E-state index in [4.69, 9.17) is 0 Å². The summed E-state index contributed by atoms with van der Waals surface area (Å²) in [7, 11) is 0. The fraction of sp³-hybridized carbons (Fsp3) is 0.0612. The lowest BCUT2D eigenvalue weighted by molar-refractivity contribution is 0.571. The number of anilines is 2. The summed E-state index contributed by atoms with van der Waals surface area (Å²) >= 11 is 0. The molecule has 2 heteroatoms. The molecule has 0 saturated carbocycles. The highest BCUT2D eigenvalue weighted by atomic mass is 15.2. The third-order valence-electron chi connectivity index (χ3n) is 10.4. The van der Waals surface area contributed by atoms with E-state index in [1.807, 2.05) is 0 Å². The Kier molecular flexibility index (Phi) is 7.71. The predicted molar refractivity (Wildman–Crippen MR) is 217 cm³/mol. The predicted octanol–water partition coefficient (Wildman–Crippen LogP) is 13.1. The van der Waals surface area contributed by atoms with Crippen molar-refractivity contribution in [1.82, 2.24) is 4.57 Å². The van der Waals surface area contributed by atoms with Crippen LogP contribution in [0.3, 0.4) is 0 Å². The number of aromatic nitrogens is 1. The Hall–Kier alpha value is -6.38. The number of hydrogen-bond donors (Lipinski definition) is 0. The first-order valence-corrected chi connectivity index (χ1v) is 17.7. The van der Waals surface area contributed by atoms with Gasteiger partial charge in [0.05, 0.1) is 16.6 Å². The fourth-order valence-corrected chi connectivity index (χ4v) is 7.71. The summed E-state index contributed by atoms with van der Waals surface area (Å²) < 4.78 is 2.42. The van der Waals surface area contributed by atoms with Crippen molar-refractivity contribution >= 4 is 38.8 Å². The molecule has 0 amide bonds. The molecule has 1 aromatic heterocycles. The minimum absolute atomic E-state index is 0.262. The van der Waals surface area contributed by atoms with Crippen molar-refractivity contribution in [1.29, 1.82) is 0 Å². The lowest BCUT2D eigenvalue weighted by Crippen LogP contribution is -2.42. The van der Waals surface area contributed by atoms with E-state index in [0.717, 1.165) is 17.8 Å². The highest BCUT2D eigenvalue weighted by Crippen LogP contribution is 2.42. The van der Waals surface area contributed by atoms with E-state index in [1.165, 1.54) is 60.9 Å². The Morgan fingerprint density at radius 3 is 1.63 bits per heavy atom. The van der Waals surface area contributed by atoms with E-state index in [-0.39, 0.29) is 5.54 Å². The van der Waals surface area contributed by atoms with E-state index >= 15 is 0 Å². The molecule has 0 aliphatic heterocycles. The molecule has 1 heterocycles. The molecule has 0 fully saturated rings. The van der Waals surface area contributed by atoms with Gasteiger partial charge in [0, 0.05) is 27.8 Å². The first kappa shape index (κ1) is 30.7. The van der Waals surface area contributed by atoms with Crippen molar-refractivity contribution < 1.29 is 0 Å². The van der Waals surface area contributed by atoms with Crippen LogP contribution in [0.25, 0.3) is 55.3 Å². The normalized spacial score (nSPS) is 15.6. The number of allylic oxidation sites excluding steroid dienone is 2. The van der Waals surface area contributed by atoms with Crippen molar-refractivity contribution in [2.24, 2.45) is 0 Å². The highest BCUT2D eigenvalue weighted by molar-refractivity contribution is 6.10. The maximum atomic E-state index is 2.51. The van der Waals surface area contributed by atoms with Crippen molar-refractivity contribution in [2.45, 2.75) is 18.9 Å². The molecular weight excluding hydrogens is 617 g/mol. The number of rotatable bonds is 7. The van der Waals surface area contributed by atoms with Crippen LogP contribution in [0.15, 0.2) is 200 Å². The zero-order valence-corrected chi connectivity index (χ0v) is 28.7. The van der Waals surface area contributed by atoms with Crippen LogP contribution < -0.4 is 4.90 Å². The molecule has 51 heavy (non-hydrogen) atoms. The van der Waals surface area contributed by atoms with Crippen LogP contribution in [-0.2, 0) is 0 Å². The molecule has 0 saturated heterocycles. The van der Waals surface area contributed by atoms with E-state index in [0.29, 0.717) is 0 Å². The molecular formula is C49H38N2. The minimum Gasteiger partial charge on any atom is -0.332 e. The summed E-state index contributed by atoms with van der Waals surface area (Å²) in [6.07, 6.45) is 7.95. The monoisotopic (exact) mass is 654 g/mol. The zero-order chi connectivity index (χ0) is 34.2. The van der Waals surface area contributed by atoms with Crippen LogP contribution in [0.2, 0.25) is 0 Å². The molecule has 8 aromatic rings. The van der Waals surface area contributed by atoms with Crippen LogP contribution in [0.1, 0.15) is 18.9 Å². The summed E-state index contributed by atoms with van der Waals surface area (Å²) in [5.74, 6) is 0. The van der Waals surface area contributed by atoms with E-state index in [9.17, 15) is 0 Å². The van der Waals surface area contributed by atoms with Gasteiger partial charge in [-0.25, -0.2) is 0 Å². The van der Waals surface area contributed by atoms with Crippen molar-refractivity contribution in [3.05, 3.63) is 206 Å². The largest absolute Gasteiger partial charge is 0.332 e. The van der Waals surface area contributed by atoms with Crippen LogP contribution in [0.4, 0.5) is 11.4 Å². The third-order valence-corrected chi connectivity index (χ3v) is 10.4. The number of hydrogen-bond acceptors (Lipinski definition) is 1. The van der Waals surface area contributed by atoms with Crippen LogP contribution in [-0.4, -0.2) is 10.1 Å². The van der Waals surface area contributed by atoms with Crippen molar-refractivity contribution in [3.63, 3.8) is 0 Å². The lowest BCUT2D eigenvalue weighted by Gasteiger charge is -2.42. The molecule has 0 spiro atoms. The van der Waals surface area contributed by atoms with E-state index in [2.05, 4.69) is 217 Å². The SMILES string of the molecule is CC1(N(c2ccccc2)c2ccc3c4ccccc4n(-c4ccc(-c5ccc(-c6ccccc6)cc5)cc4)c3c2)C=CC(c2ccccc2)=CC1. The Morgan fingerprint density at radius 1 is 0.471 bits per heavy atom. The van der Waals surface area contributed by atoms with Crippen molar-refractivity contribution in [2.75, 3.05) is 4.90 Å². The summed E-state index contributed by atoms with van der Waals surface area (Å²) in [6.45, 7) is 2.35. The number of para-hydroxylation sites is 2. The molecule has 1 aliphatic carbocycles. The summed E-state index contributed by atoms with van der Waals surface area (Å²) in [5.41, 5.74) is 13.0. The topological polar surface area (TPSA) is 8.17 Å². The maximum absolute atomic E-state index is 2.51. The molecule has 1 unspecified atom stereocenters.